The van der Waals surface area contributed by atoms with Crippen LogP contribution in [-0.2, 0) is 4.79 Å². The molecule has 0 saturated carbocycles. The lowest BCUT2D eigenvalue weighted by Gasteiger charge is -2.30. The first-order valence-electron chi connectivity index (χ1n) is 9.04. The minimum Gasteiger partial charge on any atom is -0.457 e. The second-order valence-electron chi connectivity index (χ2n) is 7.10. The average Bonchev–Trinajstić information content (AvgIpc) is 2.65. The van der Waals surface area contributed by atoms with Gasteiger partial charge in [0.2, 0.25) is 5.91 Å². The lowest BCUT2D eigenvalue weighted by molar-refractivity contribution is -0.122. The van der Waals surface area contributed by atoms with E-state index in [2.05, 4.69) is 17.3 Å². The van der Waals surface area contributed by atoms with Gasteiger partial charge in [-0.15, -0.1) is 0 Å². The number of carbonyl (C=O) groups is 1. The van der Waals surface area contributed by atoms with E-state index in [9.17, 15) is 4.79 Å². The summed E-state index contributed by atoms with van der Waals surface area (Å²) in [6, 6.07) is 15.7. The van der Waals surface area contributed by atoms with E-state index in [4.69, 9.17) is 4.74 Å². The zero-order chi connectivity index (χ0) is 17.2. The van der Waals surface area contributed by atoms with Crippen LogP contribution >= 0.6 is 0 Å². The molecule has 1 saturated heterocycles. The fourth-order valence-electron chi connectivity index (χ4n) is 3.81. The number of para-hydroxylation sites is 2. The number of hydrogen-bond donors (Lipinski definition) is 1. The molecule has 2 aromatic carbocycles. The van der Waals surface area contributed by atoms with Crippen molar-refractivity contribution in [3.8, 4) is 11.5 Å². The highest BCUT2D eigenvalue weighted by Crippen LogP contribution is 2.43. The number of likely N-dealkylation sites (tertiary alicyclic amines) is 1. The van der Waals surface area contributed by atoms with Crippen molar-refractivity contribution >= 4 is 5.91 Å². The van der Waals surface area contributed by atoms with E-state index < -0.39 is 0 Å². The zero-order valence-electron chi connectivity index (χ0n) is 14.6. The molecule has 4 heteroatoms. The van der Waals surface area contributed by atoms with Crippen LogP contribution < -0.4 is 10.1 Å². The quantitative estimate of drug-likeness (QED) is 0.934. The fraction of sp³-hybridized carbons (Fsp3) is 0.381. The number of piperidine rings is 1. The van der Waals surface area contributed by atoms with Gasteiger partial charge in [-0.25, -0.2) is 0 Å². The minimum atomic E-state index is -0.299. The van der Waals surface area contributed by atoms with E-state index in [1.54, 1.807) is 0 Å². The molecule has 1 fully saturated rings. The molecular formula is C21H24N2O2. The maximum absolute atomic E-state index is 13.1. The van der Waals surface area contributed by atoms with Crippen molar-refractivity contribution in [1.82, 2.24) is 10.2 Å². The third-order valence-corrected chi connectivity index (χ3v) is 5.35. The predicted octanol–water partition coefficient (Wildman–Crippen LogP) is 3.38. The van der Waals surface area contributed by atoms with Crippen molar-refractivity contribution in [3.63, 3.8) is 0 Å². The average molecular weight is 336 g/mol. The van der Waals surface area contributed by atoms with E-state index >= 15 is 0 Å². The highest BCUT2D eigenvalue weighted by molar-refractivity contribution is 5.89. The Morgan fingerprint density at radius 1 is 1.04 bits per heavy atom. The largest absolute Gasteiger partial charge is 0.457 e. The molecule has 0 spiro atoms. The van der Waals surface area contributed by atoms with Crippen LogP contribution in [0.3, 0.4) is 0 Å². The van der Waals surface area contributed by atoms with Crippen LogP contribution in [0.1, 0.15) is 29.9 Å². The molecule has 4 rings (SSSR count). The van der Waals surface area contributed by atoms with E-state index in [1.807, 2.05) is 48.5 Å². The third kappa shape index (κ3) is 3.27. The van der Waals surface area contributed by atoms with Gasteiger partial charge >= 0.3 is 0 Å². The maximum atomic E-state index is 13.1. The summed E-state index contributed by atoms with van der Waals surface area (Å²) < 4.78 is 5.98. The summed E-state index contributed by atoms with van der Waals surface area (Å²) in [7, 11) is 2.16. The van der Waals surface area contributed by atoms with Crippen LogP contribution in [0.2, 0.25) is 0 Å². The van der Waals surface area contributed by atoms with Crippen LogP contribution in [0.15, 0.2) is 48.5 Å². The number of fused-ring (bicyclic) bond motifs is 2. The van der Waals surface area contributed by atoms with Crippen LogP contribution in [0.4, 0.5) is 0 Å². The summed E-state index contributed by atoms with van der Waals surface area (Å²) in [6.07, 6.45) is 2.30. The lowest BCUT2D eigenvalue weighted by Crippen LogP contribution is -2.39. The van der Waals surface area contributed by atoms with Gasteiger partial charge in [0.1, 0.15) is 11.5 Å². The number of ether oxygens (including phenoxy) is 1. The zero-order valence-corrected chi connectivity index (χ0v) is 14.6. The van der Waals surface area contributed by atoms with Crippen LogP contribution in [0, 0.1) is 5.92 Å². The normalized spacial score (nSPS) is 18.1. The molecule has 1 N–H and O–H groups in total. The molecule has 2 aliphatic heterocycles. The predicted molar refractivity (Wildman–Crippen MR) is 98.0 cm³/mol. The van der Waals surface area contributed by atoms with Gasteiger partial charge in [-0.1, -0.05) is 36.4 Å². The Kier molecular flexibility index (Phi) is 4.45. The summed E-state index contributed by atoms with van der Waals surface area (Å²) in [5, 5.41) is 3.21. The van der Waals surface area contributed by atoms with Gasteiger partial charge in [-0.3, -0.25) is 4.79 Å². The van der Waals surface area contributed by atoms with Gasteiger partial charge in [0.05, 0.1) is 5.92 Å². The Labute approximate surface area is 148 Å². The van der Waals surface area contributed by atoms with Gasteiger partial charge in [0, 0.05) is 17.7 Å². The maximum Gasteiger partial charge on any atom is 0.232 e. The van der Waals surface area contributed by atoms with Crippen molar-refractivity contribution in [3.05, 3.63) is 59.7 Å². The second kappa shape index (κ2) is 6.89. The van der Waals surface area contributed by atoms with Crippen LogP contribution in [0.5, 0.6) is 11.5 Å². The molecule has 2 aliphatic rings. The summed E-state index contributed by atoms with van der Waals surface area (Å²) >= 11 is 0. The molecular weight excluding hydrogens is 312 g/mol. The first kappa shape index (κ1) is 16.2. The van der Waals surface area contributed by atoms with Gasteiger partial charge in [-0.2, -0.15) is 0 Å². The highest BCUT2D eigenvalue weighted by atomic mass is 16.5. The van der Waals surface area contributed by atoms with Crippen molar-refractivity contribution in [2.45, 2.75) is 18.8 Å². The molecule has 0 bridgehead atoms. The molecule has 4 nitrogen and oxygen atoms in total. The third-order valence-electron chi connectivity index (χ3n) is 5.35. The number of amides is 1. The number of nitrogens with zero attached hydrogens (tertiary/aromatic N) is 1. The molecule has 0 radical (unpaired) electrons. The molecule has 1 amide bonds. The van der Waals surface area contributed by atoms with Crippen molar-refractivity contribution in [2.75, 3.05) is 26.7 Å². The molecule has 130 valence electrons. The Bertz CT molecular complexity index is 720. The van der Waals surface area contributed by atoms with Crippen molar-refractivity contribution in [2.24, 2.45) is 5.92 Å². The number of hydrogen-bond acceptors (Lipinski definition) is 3. The van der Waals surface area contributed by atoms with Crippen molar-refractivity contribution in [1.29, 1.82) is 0 Å². The van der Waals surface area contributed by atoms with Gasteiger partial charge in [-0.05, 0) is 51.0 Å². The number of nitrogens with one attached hydrogen (secondary N) is 1. The lowest BCUT2D eigenvalue weighted by atomic mass is 9.87. The highest BCUT2D eigenvalue weighted by Gasteiger charge is 2.32. The smallest absolute Gasteiger partial charge is 0.232 e. The van der Waals surface area contributed by atoms with Gasteiger partial charge in [0.15, 0.2) is 0 Å². The summed E-state index contributed by atoms with van der Waals surface area (Å²) in [5.41, 5.74) is 1.89. The Balaban J connectivity index is 1.54. The fourth-order valence-corrected chi connectivity index (χ4v) is 3.81. The van der Waals surface area contributed by atoms with Gasteiger partial charge in [0.25, 0.3) is 0 Å². The summed E-state index contributed by atoms with van der Waals surface area (Å²) in [4.78, 5) is 15.4. The molecule has 0 unspecified atom stereocenters. The van der Waals surface area contributed by atoms with E-state index in [0.29, 0.717) is 5.92 Å². The topological polar surface area (TPSA) is 41.6 Å². The number of carbonyl (C=O) groups excluding carboxylic acids is 1. The molecule has 25 heavy (non-hydrogen) atoms. The Morgan fingerprint density at radius 2 is 1.60 bits per heavy atom. The first-order valence-corrected chi connectivity index (χ1v) is 9.04. The SMILES string of the molecule is CN1CCC(CNC(=O)C2c3ccccc3Oc3ccccc32)CC1. The van der Waals surface area contributed by atoms with Crippen LogP contribution in [-0.4, -0.2) is 37.5 Å². The molecule has 0 aromatic heterocycles. The van der Waals surface area contributed by atoms with E-state index in [-0.39, 0.29) is 11.8 Å². The van der Waals surface area contributed by atoms with Gasteiger partial charge < -0.3 is 15.0 Å². The Morgan fingerprint density at radius 3 is 2.20 bits per heavy atom. The van der Waals surface area contributed by atoms with E-state index in [1.165, 1.54) is 0 Å². The molecule has 2 aromatic rings. The summed E-state index contributed by atoms with van der Waals surface area (Å²) in [5.74, 6) is 1.90. The number of rotatable bonds is 3. The molecule has 2 heterocycles. The molecule has 0 aliphatic carbocycles. The standard InChI is InChI=1S/C21H24N2O2/c1-23-12-10-15(11-13-23)14-22-21(24)20-16-6-2-4-8-18(16)25-19-9-5-3-7-17(19)20/h2-9,15,20H,10-14H2,1H3,(H,22,24). The minimum absolute atomic E-state index is 0.0714. The second-order valence-corrected chi connectivity index (χ2v) is 7.10. The molecule has 0 atom stereocenters. The number of benzene rings is 2. The summed E-state index contributed by atoms with van der Waals surface area (Å²) in [6.45, 7) is 2.99. The first-order chi connectivity index (χ1) is 12.2. The monoisotopic (exact) mass is 336 g/mol. The van der Waals surface area contributed by atoms with Crippen LogP contribution in [0.25, 0.3) is 0 Å². The van der Waals surface area contributed by atoms with Crippen molar-refractivity contribution < 1.29 is 9.53 Å². The Hall–Kier alpha value is -2.33. The van der Waals surface area contributed by atoms with E-state index in [0.717, 1.165) is 55.1 Å².